The molecule has 6 nitrogen and oxygen atoms in total. The molecule has 1 fully saturated rings. The highest BCUT2D eigenvalue weighted by molar-refractivity contribution is 7.14. The van der Waals surface area contributed by atoms with Gasteiger partial charge in [0.2, 0.25) is 5.91 Å². The molecule has 1 N–H and O–H groups in total. The quantitative estimate of drug-likeness (QED) is 0.634. The smallest absolute Gasteiger partial charge is 0.276 e. The Morgan fingerprint density at radius 3 is 2.77 bits per heavy atom. The van der Waals surface area contributed by atoms with E-state index in [1.165, 1.54) is 36.2 Å². The summed E-state index contributed by atoms with van der Waals surface area (Å²) in [6.45, 7) is 0.760. The first-order valence-electron chi connectivity index (χ1n) is 10.8. The SMILES string of the molecule is O=C(Nc1nc(-c2ccc3c(c2)CCN3C(=O)C2CCCCC2)cs1)c1ccccn1. The van der Waals surface area contributed by atoms with Crippen molar-refractivity contribution in [3.05, 3.63) is 59.2 Å². The van der Waals surface area contributed by atoms with E-state index in [-0.39, 0.29) is 11.8 Å². The Bertz CT molecular complexity index is 1110. The molecule has 7 heteroatoms. The van der Waals surface area contributed by atoms with E-state index in [0.29, 0.717) is 16.7 Å². The monoisotopic (exact) mass is 432 g/mol. The molecule has 0 atom stereocenters. The fraction of sp³-hybridized carbons (Fsp3) is 0.333. The molecule has 1 aromatic carbocycles. The third-order valence-electron chi connectivity index (χ3n) is 6.11. The molecular weight excluding hydrogens is 408 g/mol. The van der Waals surface area contributed by atoms with E-state index in [0.717, 1.165) is 42.8 Å². The topological polar surface area (TPSA) is 75.2 Å². The van der Waals surface area contributed by atoms with Crippen LogP contribution >= 0.6 is 11.3 Å². The molecule has 2 aliphatic rings. The van der Waals surface area contributed by atoms with Gasteiger partial charge in [0.1, 0.15) is 5.69 Å². The molecule has 3 aromatic rings. The van der Waals surface area contributed by atoms with Crippen LogP contribution in [-0.2, 0) is 11.2 Å². The number of carbonyl (C=O) groups is 2. The summed E-state index contributed by atoms with van der Waals surface area (Å²) in [5, 5.41) is 5.29. The zero-order valence-corrected chi connectivity index (χ0v) is 18.0. The first-order valence-corrected chi connectivity index (χ1v) is 11.7. The Hall–Kier alpha value is -3.06. The average molecular weight is 433 g/mol. The molecule has 2 amide bonds. The lowest BCUT2D eigenvalue weighted by molar-refractivity contribution is -0.123. The number of thiazole rings is 1. The van der Waals surface area contributed by atoms with Gasteiger partial charge in [-0.25, -0.2) is 4.98 Å². The molecular formula is C24H24N4O2S. The Balaban J connectivity index is 1.30. The molecule has 1 aliphatic carbocycles. The van der Waals surface area contributed by atoms with Gasteiger partial charge in [0.25, 0.3) is 5.91 Å². The van der Waals surface area contributed by atoms with E-state index in [9.17, 15) is 9.59 Å². The number of amides is 2. The number of aromatic nitrogens is 2. The van der Waals surface area contributed by atoms with Crippen molar-refractivity contribution in [1.29, 1.82) is 0 Å². The van der Waals surface area contributed by atoms with Crippen LogP contribution < -0.4 is 10.2 Å². The van der Waals surface area contributed by atoms with E-state index in [2.05, 4.69) is 21.4 Å². The number of benzene rings is 1. The lowest BCUT2D eigenvalue weighted by atomic mass is 9.88. The summed E-state index contributed by atoms with van der Waals surface area (Å²) in [5.41, 5.74) is 4.41. The molecule has 0 radical (unpaired) electrons. The summed E-state index contributed by atoms with van der Waals surface area (Å²) >= 11 is 1.39. The van der Waals surface area contributed by atoms with Gasteiger partial charge in [-0.05, 0) is 49.1 Å². The van der Waals surface area contributed by atoms with Crippen molar-refractivity contribution in [2.24, 2.45) is 5.92 Å². The van der Waals surface area contributed by atoms with Crippen LogP contribution in [0.2, 0.25) is 0 Å². The molecule has 3 heterocycles. The molecule has 0 unspecified atom stereocenters. The molecule has 0 saturated heterocycles. The van der Waals surface area contributed by atoms with Crippen LogP contribution in [0.3, 0.4) is 0 Å². The Morgan fingerprint density at radius 1 is 1.10 bits per heavy atom. The zero-order chi connectivity index (χ0) is 21.2. The summed E-state index contributed by atoms with van der Waals surface area (Å²) in [6, 6.07) is 11.4. The van der Waals surface area contributed by atoms with Gasteiger partial charge in [-0.15, -0.1) is 11.3 Å². The fourth-order valence-electron chi connectivity index (χ4n) is 4.48. The van der Waals surface area contributed by atoms with Gasteiger partial charge in [-0.2, -0.15) is 0 Å². The van der Waals surface area contributed by atoms with Crippen molar-refractivity contribution < 1.29 is 9.59 Å². The van der Waals surface area contributed by atoms with Crippen molar-refractivity contribution in [3.63, 3.8) is 0 Å². The summed E-state index contributed by atoms with van der Waals surface area (Å²) in [7, 11) is 0. The largest absolute Gasteiger partial charge is 0.312 e. The molecule has 1 saturated carbocycles. The van der Waals surface area contributed by atoms with Gasteiger partial charge >= 0.3 is 0 Å². The minimum absolute atomic E-state index is 0.184. The van der Waals surface area contributed by atoms with Crippen LogP contribution in [0.1, 0.15) is 48.2 Å². The van der Waals surface area contributed by atoms with Crippen molar-refractivity contribution in [3.8, 4) is 11.3 Å². The maximum atomic E-state index is 13.0. The molecule has 5 rings (SSSR count). The molecule has 0 spiro atoms. The summed E-state index contributed by atoms with van der Waals surface area (Å²) in [4.78, 5) is 35.9. The maximum absolute atomic E-state index is 13.0. The standard InChI is InChI=1S/C24H24N4O2S/c29-22(19-8-4-5-12-25-19)27-24-26-20(15-31-24)17-9-10-21-18(14-17)11-13-28(21)23(30)16-6-2-1-3-7-16/h4-5,8-10,12,14-16H,1-3,6-7,11,13H2,(H,26,27,29). The van der Waals surface area contributed by atoms with Gasteiger partial charge in [0.05, 0.1) is 5.69 Å². The lowest BCUT2D eigenvalue weighted by Gasteiger charge is -2.26. The molecule has 0 bridgehead atoms. The normalized spacial score (nSPS) is 16.2. The van der Waals surface area contributed by atoms with Gasteiger partial charge < -0.3 is 4.90 Å². The molecule has 1 aliphatic heterocycles. The number of nitrogens with one attached hydrogen (secondary N) is 1. The van der Waals surface area contributed by atoms with Crippen LogP contribution in [0.15, 0.2) is 48.0 Å². The number of nitrogens with zero attached hydrogens (tertiary/aromatic N) is 3. The first kappa shape index (κ1) is 19.9. The number of fused-ring (bicyclic) bond motifs is 1. The number of pyridine rings is 1. The number of rotatable bonds is 4. The highest BCUT2D eigenvalue weighted by atomic mass is 32.1. The van der Waals surface area contributed by atoms with Crippen LogP contribution in [-0.4, -0.2) is 28.3 Å². The second kappa shape index (κ2) is 8.59. The maximum Gasteiger partial charge on any atom is 0.276 e. The third-order valence-corrected chi connectivity index (χ3v) is 6.87. The highest BCUT2D eigenvalue weighted by Gasteiger charge is 2.31. The van der Waals surface area contributed by atoms with Crippen molar-refractivity contribution in [2.75, 3.05) is 16.8 Å². The number of anilines is 2. The van der Waals surface area contributed by atoms with Gasteiger partial charge in [0, 0.05) is 35.3 Å². The third kappa shape index (κ3) is 4.10. The Kier molecular flexibility index (Phi) is 5.51. The predicted octanol–water partition coefficient (Wildman–Crippen LogP) is 4.93. The van der Waals surface area contributed by atoms with E-state index in [1.807, 2.05) is 22.4 Å². The predicted molar refractivity (Wildman–Crippen MR) is 122 cm³/mol. The van der Waals surface area contributed by atoms with Crippen LogP contribution in [0.25, 0.3) is 11.3 Å². The molecule has 31 heavy (non-hydrogen) atoms. The Morgan fingerprint density at radius 2 is 1.97 bits per heavy atom. The minimum atomic E-state index is -0.271. The number of hydrogen-bond acceptors (Lipinski definition) is 5. The van der Waals surface area contributed by atoms with E-state index in [1.54, 1.807) is 24.4 Å². The van der Waals surface area contributed by atoms with E-state index < -0.39 is 0 Å². The number of hydrogen-bond donors (Lipinski definition) is 1. The molecule has 2 aromatic heterocycles. The summed E-state index contributed by atoms with van der Waals surface area (Å²) in [5.74, 6) is 0.204. The number of carbonyl (C=O) groups excluding carboxylic acids is 2. The van der Waals surface area contributed by atoms with Gasteiger partial charge in [-0.3, -0.25) is 19.9 Å². The van der Waals surface area contributed by atoms with Crippen LogP contribution in [0.5, 0.6) is 0 Å². The van der Waals surface area contributed by atoms with Crippen LogP contribution in [0.4, 0.5) is 10.8 Å². The van der Waals surface area contributed by atoms with E-state index >= 15 is 0 Å². The highest BCUT2D eigenvalue weighted by Crippen LogP contribution is 2.36. The fourth-order valence-corrected chi connectivity index (χ4v) is 5.20. The average Bonchev–Trinajstić information content (AvgIpc) is 3.46. The second-order valence-corrected chi connectivity index (χ2v) is 8.98. The van der Waals surface area contributed by atoms with Crippen molar-refractivity contribution >= 4 is 34.0 Å². The van der Waals surface area contributed by atoms with Gasteiger partial charge in [-0.1, -0.05) is 31.4 Å². The molecule has 158 valence electrons. The Labute approximate surface area is 185 Å². The first-order chi connectivity index (χ1) is 15.2. The second-order valence-electron chi connectivity index (χ2n) is 8.13. The van der Waals surface area contributed by atoms with Gasteiger partial charge in [0.15, 0.2) is 5.13 Å². The van der Waals surface area contributed by atoms with E-state index in [4.69, 9.17) is 0 Å². The van der Waals surface area contributed by atoms with Crippen molar-refractivity contribution in [2.45, 2.75) is 38.5 Å². The lowest BCUT2D eigenvalue weighted by Crippen LogP contribution is -2.35. The summed E-state index contributed by atoms with van der Waals surface area (Å²) in [6.07, 6.45) is 8.09. The van der Waals surface area contributed by atoms with Crippen LogP contribution in [0, 0.1) is 5.92 Å². The summed E-state index contributed by atoms with van der Waals surface area (Å²) < 4.78 is 0. The minimum Gasteiger partial charge on any atom is -0.312 e. The zero-order valence-electron chi connectivity index (χ0n) is 17.2. The van der Waals surface area contributed by atoms with Crippen molar-refractivity contribution in [1.82, 2.24) is 9.97 Å².